The van der Waals surface area contributed by atoms with Crippen molar-refractivity contribution in [2.45, 2.75) is 36.9 Å². The van der Waals surface area contributed by atoms with Gasteiger partial charge in [0, 0.05) is 6.54 Å². The highest BCUT2D eigenvalue weighted by atomic mass is 32.2. The number of hydrogen-bond donors (Lipinski definition) is 2. The average Bonchev–Trinajstić information content (AvgIpc) is 3.18. The minimum Gasteiger partial charge on any atom is -0.366 e. The quantitative estimate of drug-likeness (QED) is 0.859. The summed E-state index contributed by atoms with van der Waals surface area (Å²) in [6, 6.07) is 3.84. The number of halogens is 1. The van der Waals surface area contributed by atoms with E-state index in [1.807, 2.05) is 0 Å². The predicted octanol–water partition coefficient (Wildman–Crippen LogP) is 1.45. The van der Waals surface area contributed by atoms with Crippen LogP contribution >= 0.6 is 0 Å². The summed E-state index contributed by atoms with van der Waals surface area (Å²) in [5.74, 6) is 0.0892. The van der Waals surface area contributed by atoms with Gasteiger partial charge in [-0.1, -0.05) is 6.07 Å². The molecule has 2 heterocycles. The van der Waals surface area contributed by atoms with E-state index >= 15 is 0 Å². The molecule has 124 valence electrons. The molecule has 2 aromatic rings. The number of aromatic amines is 1. The molecule has 0 unspecified atom stereocenters. The van der Waals surface area contributed by atoms with Gasteiger partial charge in [-0.2, -0.15) is 5.10 Å². The monoisotopic (exact) mass is 340 g/mol. The van der Waals surface area contributed by atoms with Crippen molar-refractivity contribution in [2.24, 2.45) is 0 Å². The van der Waals surface area contributed by atoms with Crippen LogP contribution in [0.3, 0.4) is 0 Å². The summed E-state index contributed by atoms with van der Waals surface area (Å²) in [6.45, 7) is 1.71. The Hall–Kier alpha value is -1.84. The minimum absolute atomic E-state index is 0.0922. The smallest absolute Gasteiger partial charge is 0.240 e. The molecule has 1 aromatic heterocycles. The van der Waals surface area contributed by atoms with Gasteiger partial charge in [-0.3, -0.25) is 5.10 Å². The SMILES string of the molecule is Cc1ccc(S(=O)(=O)NC[C@H]2CC[C@@H](c3ncn[nH]3)O2)cc1F. The topological polar surface area (TPSA) is 97.0 Å². The fraction of sp³-hybridized carbons (Fsp3) is 0.429. The number of sulfonamides is 1. The molecule has 0 spiro atoms. The Morgan fingerprint density at radius 3 is 2.96 bits per heavy atom. The number of hydrogen-bond acceptors (Lipinski definition) is 5. The van der Waals surface area contributed by atoms with Gasteiger partial charge < -0.3 is 4.74 Å². The van der Waals surface area contributed by atoms with Gasteiger partial charge in [0.25, 0.3) is 0 Å². The molecule has 1 aromatic carbocycles. The second kappa shape index (κ2) is 6.34. The molecule has 7 nitrogen and oxygen atoms in total. The maximum absolute atomic E-state index is 13.5. The summed E-state index contributed by atoms with van der Waals surface area (Å²) in [4.78, 5) is 3.94. The predicted molar refractivity (Wildman–Crippen MR) is 79.6 cm³/mol. The molecule has 9 heteroatoms. The van der Waals surface area contributed by atoms with E-state index in [4.69, 9.17) is 4.74 Å². The summed E-state index contributed by atoms with van der Waals surface area (Å²) in [6.07, 6.45) is 2.39. The van der Waals surface area contributed by atoms with E-state index in [1.54, 1.807) is 6.92 Å². The lowest BCUT2D eigenvalue weighted by Gasteiger charge is -2.13. The second-order valence-corrected chi connectivity index (χ2v) is 7.22. The number of nitrogens with one attached hydrogen (secondary N) is 2. The highest BCUT2D eigenvalue weighted by Gasteiger charge is 2.29. The third kappa shape index (κ3) is 3.57. The van der Waals surface area contributed by atoms with Crippen LogP contribution in [0.25, 0.3) is 0 Å². The van der Waals surface area contributed by atoms with E-state index in [0.29, 0.717) is 17.8 Å². The Bertz CT molecular complexity index is 779. The van der Waals surface area contributed by atoms with Crippen LogP contribution in [0.5, 0.6) is 0 Å². The van der Waals surface area contributed by atoms with E-state index in [2.05, 4.69) is 19.9 Å². The molecule has 0 bridgehead atoms. The average molecular weight is 340 g/mol. The number of benzene rings is 1. The molecule has 0 amide bonds. The van der Waals surface area contributed by atoms with E-state index in [9.17, 15) is 12.8 Å². The summed E-state index contributed by atoms with van der Waals surface area (Å²) >= 11 is 0. The molecule has 2 atom stereocenters. The van der Waals surface area contributed by atoms with Gasteiger partial charge in [0.1, 0.15) is 18.2 Å². The van der Waals surface area contributed by atoms with Gasteiger partial charge in [0.05, 0.1) is 11.0 Å². The molecule has 1 fully saturated rings. The first-order valence-corrected chi connectivity index (χ1v) is 8.70. The molecule has 0 aliphatic carbocycles. The van der Waals surface area contributed by atoms with Crippen LogP contribution in [-0.4, -0.2) is 36.2 Å². The zero-order chi connectivity index (χ0) is 16.4. The van der Waals surface area contributed by atoms with Crippen LogP contribution in [0.1, 0.15) is 30.3 Å². The number of aromatic nitrogens is 3. The Morgan fingerprint density at radius 2 is 2.26 bits per heavy atom. The van der Waals surface area contributed by atoms with E-state index in [1.165, 1.54) is 18.5 Å². The first-order chi connectivity index (χ1) is 11.0. The number of nitrogens with zero attached hydrogens (tertiary/aromatic N) is 2. The van der Waals surface area contributed by atoms with Gasteiger partial charge in [-0.05, 0) is 37.5 Å². The highest BCUT2D eigenvalue weighted by Crippen LogP contribution is 2.30. The largest absolute Gasteiger partial charge is 0.366 e. The molecule has 1 aliphatic rings. The third-order valence-electron chi connectivity index (χ3n) is 3.80. The van der Waals surface area contributed by atoms with Crippen molar-refractivity contribution in [3.05, 3.63) is 41.7 Å². The zero-order valence-electron chi connectivity index (χ0n) is 12.5. The van der Waals surface area contributed by atoms with Crippen molar-refractivity contribution < 1.29 is 17.5 Å². The van der Waals surface area contributed by atoms with Crippen molar-refractivity contribution in [1.82, 2.24) is 19.9 Å². The van der Waals surface area contributed by atoms with Crippen LogP contribution in [0, 0.1) is 12.7 Å². The normalized spacial score (nSPS) is 21.7. The summed E-state index contributed by atoms with van der Waals surface area (Å²) in [7, 11) is -3.76. The lowest BCUT2D eigenvalue weighted by atomic mass is 10.2. The van der Waals surface area contributed by atoms with Gasteiger partial charge in [-0.25, -0.2) is 22.5 Å². The number of ether oxygens (including phenoxy) is 1. The molecule has 2 N–H and O–H groups in total. The number of rotatable bonds is 5. The Kier molecular flexibility index (Phi) is 4.42. The molecule has 1 aliphatic heterocycles. The first kappa shape index (κ1) is 16.0. The lowest BCUT2D eigenvalue weighted by Crippen LogP contribution is -2.32. The zero-order valence-corrected chi connectivity index (χ0v) is 13.3. The van der Waals surface area contributed by atoms with Crippen LogP contribution in [0.15, 0.2) is 29.4 Å². The molecule has 0 radical (unpaired) electrons. The fourth-order valence-corrected chi connectivity index (χ4v) is 3.53. The van der Waals surface area contributed by atoms with Crippen molar-refractivity contribution in [1.29, 1.82) is 0 Å². The minimum atomic E-state index is -3.76. The summed E-state index contributed by atoms with van der Waals surface area (Å²) in [5.41, 5.74) is 0.401. The molecule has 0 saturated carbocycles. The molecule has 1 saturated heterocycles. The highest BCUT2D eigenvalue weighted by molar-refractivity contribution is 7.89. The van der Waals surface area contributed by atoms with Crippen molar-refractivity contribution in [3.8, 4) is 0 Å². The van der Waals surface area contributed by atoms with Gasteiger partial charge in [0.15, 0.2) is 5.82 Å². The van der Waals surface area contributed by atoms with E-state index in [0.717, 1.165) is 12.5 Å². The van der Waals surface area contributed by atoms with Crippen molar-refractivity contribution in [2.75, 3.05) is 6.54 Å². The van der Waals surface area contributed by atoms with Crippen LogP contribution in [0.2, 0.25) is 0 Å². The van der Waals surface area contributed by atoms with Gasteiger partial charge in [0.2, 0.25) is 10.0 Å². The van der Waals surface area contributed by atoms with E-state index in [-0.39, 0.29) is 23.6 Å². The van der Waals surface area contributed by atoms with Gasteiger partial charge >= 0.3 is 0 Å². The first-order valence-electron chi connectivity index (χ1n) is 7.22. The molecular formula is C14H17FN4O3S. The Balaban J connectivity index is 1.60. The molecular weight excluding hydrogens is 323 g/mol. The standard InChI is InChI=1S/C14H17FN4O3S/c1-9-2-4-11(6-12(9)15)23(20,21)18-7-10-3-5-13(22-10)14-16-8-17-19-14/h2,4,6,8,10,13,18H,3,5,7H2,1H3,(H,16,17,19)/t10-,13+/m1/s1. The van der Waals surface area contributed by atoms with Crippen LogP contribution in [-0.2, 0) is 14.8 Å². The van der Waals surface area contributed by atoms with Crippen LogP contribution < -0.4 is 4.72 Å². The van der Waals surface area contributed by atoms with Crippen LogP contribution in [0.4, 0.5) is 4.39 Å². The second-order valence-electron chi connectivity index (χ2n) is 5.46. The lowest BCUT2D eigenvalue weighted by molar-refractivity contribution is 0.0430. The number of aryl methyl sites for hydroxylation is 1. The van der Waals surface area contributed by atoms with Crippen molar-refractivity contribution >= 4 is 10.0 Å². The Labute approximate surface area is 133 Å². The fourth-order valence-electron chi connectivity index (χ4n) is 2.45. The Morgan fingerprint density at radius 1 is 1.43 bits per heavy atom. The summed E-state index contributed by atoms with van der Waals surface area (Å²) in [5, 5.41) is 6.51. The third-order valence-corrected chi connectivity index (χ3v) is 5.22. The number of H-pyrrole nitrogens is 1. The molecule has 3 rings (SSSR count). The maximum Gasteiger partial charge on any atom is 0.240 e. The van der Waals surface area contributed by atoms with Gasteiger partial charge in [-0.15, -0.1) is 0 Å². The maximum atomic E-state index is 13.5. The molecule has 23 heavy (non-hydrogen) atoms. The van der Waals surface area contributed by atoms with E-state index < -0.39 is 15.8 Å². The van der Waals surface area contributed by atoms with Crippen molar-refractivity contribution in [3.63, 3.8) is 0 Å². The summed E-state index contributed by atoms with van der Waals surface area (Å²) < 4.78 is 46.1.